The van der Waals surface area contributed by atoms with E-state index in [1.807, 2.05) is 49.4 Å². The Balaban J connectivity index is 1.76. The van der Waals surface area contributed by atoms with E-state index in [1.54, 1.807) is 6.21 Å². The standard InChI is InChI=1S/C19H22N2O2/c1-3-16-9-11-18(12-10-16)15(2)21-19(22)14-23-20-13-17-7-5-4-6-8-17/h4-13,15H,3,14H2,1-2H3,(H,21,22)/b20-13-/t15-/m0/s1. The van der Waals surface area contributed by atoms with E-state index in [1.165, 1.54) is 5.56 Å². The molecule has 2 rings (SSSR count). The number of rotatable bonds is 7. The lowest BCUT2D eigenvalue weighted by Crippen LogP contribution is -2.29. The van der Waals surface area contributed by atoms with Gasteiger partial charge < -0.3 is 10.2 Å². The second-order valence-corrected chi connectivity index (χ2v) is 5.30. The monoisotopic (exact) mass is 310 g/mol. The summed E-state index contributed by atoms with van der Waals surface area (Å²) in [6, 6.07) is 17.8. The molecule has 0 aliphatic carbocycles. The third kappa shape index (κ3) is 5.58. The fraction of sp³-hybridized carbons (Fsp3) is 0.263. The van der Waals surface area contributed by atoms with Crippen LogP contribution in [0.2, 0.25) is 0 Å². The summed E-state index contributed by atoms with van der Waals surface area (Å²) in [5.41, 5.74) is 3.28. The van der Waals surface area contributed by atoms with Crippen molar-refractivity contribution in [2.45, 2.75) is 26.3 Å². The molecule has 0 aromatic heterocycles. The Labute approximate surface area is 137 Å². The van der Waals surface area contributed by atoms with Gasteiger partial charge in [-0.3, -0.25) is 4.79 Å². The van der Waals surface area contributed by atoms with E-state index >= 15 is 0 Å². The molecule has 0 spiro atoms. The number of amides is 1. The van der Waals surface area contributed by atoms with Gasteiger partial charge in [-0.25, -0.2) is 0 Å². The minimum atomic E-state index is -0.192. The molecule has 0 unspecified atom stereocenters. The Morgan fingerprint density at radius 1 is 1.17 bits per heavy atom. The minimum absolute atomic E-state index is 0.0601. The molecule has 0 saturated carbocycles. The van der Waals surface area contributed by atoms with Crippen LogP contribution >= 0.6 is 0 Å². The lowest BCUT2D eigenvalue weighted by Gasteiger charge is -2.14. The van der Waals surface area contributed by atoms with Gasteiger partial charge >= 0.3 is 0 Å². The molecule has 120 valence electrons. The van der Waals surface area contributed by atoms with Gasteiger partial charge in [0.15, 0.2) is 6.61 Å². The second-order valence-electron chi connectivity index (χ2n) is 5.30. The molecule has 0 aliphatic rings. The molecule has 0 radical (unpaired) electrons. The van der Waals surface area contributed by atoms with E-state index in [0.29, 0.717) is 0 Å². The molecule has 0 fully saturated rings. The maximum Gasteiger partial charge on any atom is 0.261 e. The highest BCUT2D eigenvalue weighted by Crippen LogP contribution is 2.13. The summed E-state index contributed by atoms with van der Waals surface area (Å²) in [5, 5.41) is 6.69. The van der Waals surface area contributed by atoms with Gasteiger partial charge in [-0.15, -0.1) is 0 Å². The van der Waals surface area contributed by atoms with Crippen LogP contribution in [0.25, 0.3) is 0 Å². The van der Waals surface area contributed by atoms with Gasteiger partial charge in [0.1, 0.15) is 0 Å². The summed E-state index contributed by atoms with van der Waals surface area (Å²) in [7, 11) is 0. The summed E-state index contributed by atoms with van der Waals surface area (Å²) >= 11 is 0. The van der Waals surface area contributed by atoms with Crippen LogP contribution in [0.3, 0.4) is 0 Å². The van der Waals surface area contributed by atoms with Crippen molar-refractivity contribution in [3.8, 4) is 0 Å². The highest BCUT2D eigenvalue weighted by atomic mass is 16.6. The number of hydrogen-bond donors (Lipinski definition) is 1. The molecule has 2 aromatic carbocycles. The van der Waals surface area contributed by atoms with Crippen molar-refractivity contribution in [1.82, 2.24) is 5.32 Å². The molecular formula is C19H22N2O2. The molecule has 2 aromatic rings. The molecule has 0 aliphatic heterocycles. The normalized spacial score (nSPS) is 12.1. The summed E-state index contributed by atoms with van der Waals surface area (Å²) in [6.07, 6.45) is 2.59. The summed E-state index contributed by atoms with van der Waals surface area (Å²) in [4.78, 5) is 16.9. The van der Waals surface area contributed by atoms with Crippen molar-refractivity contribution in [3.05, 3.63) is 71.3 Å². The number of carbonyl (C=O) groups excluding carboxylic acids is 1. The number of oxime groups is 1. The molecule has 0 heterocycles. The van der Waals surface area contributed by atoms with Crippen LogP contribution in [0.1, 0.15) is 36.6 Å². The fourth-order valence-electron chi connectivity index (χ4n) is 2.14. The maximum atomic E-state index is 11.9. The van der Waals surface area contributed by atoms with Crippen molar-refractivity contribution < 1.29 is 9.63 Å². The quantitative estimate of drug-likeness (QED) is 0.629. The second kappa shape index (κ2) is 8.73. The first kappa shape index (κ1) is 16.7. The Hall–Kier alpha value is -2.62. The smallest absolute Gasteiger partial charge is 0.261 e. The first-order chi connectivity index (χ1) is 11.2. The summed E-state index contributed by atoms with van der Waals surface area (Å²) < 4.78 is 0. The van der Waals surface area contributed by atoms with Crippen LogP contribution in [0.15, 0.2) is 59.8 Å². The zero-order valence-corrected chi connectivity index (χ0v) is 13.5. The van der Waals surface area contributed by atoms with Crippen molar-refractivity contribution >= 4 is 12.1 Å². The number of carbonyl (C=O) groups is 1. The summed E-state index contributed by atoms with van der Waals surface area (Å²) in [6.45, 7) is 3.97. The van der Waals surface area contributed by atoms with E-state index in [4.69, 9.17) is 4.84 Å². The van der Waals surface area contributed by atoms with E-state index in [-0.39, 0.29) is 18.6 Å². The predicted octanol–water partition coefficient (Wildman–Crippen LogP) is 3.48. The van der Waals surface area contributed by atoms with Gasteiger partial charge in [0.05, 0.1) is 12.3 Å². The van der Waals surface area contributed by atoms with Gasteiger partial charge in [-0.05, 0) is 30.0 Å². The highest BCUT2D eigenvalue weighted by molar-refractivity contribution is 5.79. The average Bonchev–Trinajstić information content (AvgIpc) is 2.59. The van der Waals surface area contributed by atoms with Gasteiger partial charge in [-0.2, -0.15) is 0 Å². The lowest BCUT2D eigenvalue weighted by molar-refractivity contribution is -0.126. The molecule has 4 nitrogen and oxygen atoms in total. The molecular weight excluding hydrogens is 288 g/mol. The summed E-state index contributed by atoms with van der Waals surface area (Å²) in [5.74, 6) is -0.192. The van der Waals surface area contributed by atoms with E-state index in [9.17, 15) is 4.79 Å². The molecule has 4 heteroatoms. The Bertz CT molecular complexity index is 636. The maximum absolute atomic E-state index is 11.9. The zero-order chi connectivity index (χ0) is 16.5. The minimum Gasteiger partial charge on any atom is -0.386 e. The molecule has 1 atom stereocenters. The molecule has 1 amide bonds. The third-order valence-corrected chi connectivity index (χ3v) is 3.54. The number of aryl methyl sites for hydroxylation is 1. The topological polar surface area (TPSA) is 50.7 Å². The first-order valence-corrected chi connectivity index (χ1v) is 7.77. The number of hydrogen-bond acceptors (Lipinski definition) is 3. The van der Waals surface area contributed by atoms with Crippen molar-refractivity contribution in [2.24, 2.45) is 5.16 Å². The van der Waals surface area contributed by atoms with E-state index in [0.717, 1.165) is 17.5 Å². The molecule has 1 N–H and O–H groups in total. The third-order valence-electron chi connectivity index (χ3n) is 3.54. The van der Waals surface area contributed by atoms with Crippen LogP contribution < -0.4 is 5.32 Å². The van der Waals surface area contributed by atoms with E-state index < -0.39 is 0 Å². The van der Waals surface area contributed by atoms with Crippen LogP contribution in [0.4, 0.5) is 0 Å². The van der Waals surface area contributed by atoms with Gasteiger partial charge in [0.25, 0.3) is 5.91 Å². The van der Waals surface area contributed by atoms with Crippen molar-refractivity contribution in [2.75, 3.05) is 6.61 Å². The average molecular weight is 310 g/mol. The first-order valence-electron chi connectivity index (χ1n) is 7.77. The van der Waals surface area contributed by atoms with E-state index in [2.05, 4.69) is 29.5 Å². The SMILES string of the molecule is CCc1ccc([C@H](C)NC(=O)CO/N=C\c2ccccc2)cc1. The van der Waals surface area contributed by atoms with Crippen molar-refractivity contribution in [1.29, 1.82) is 0 Å². The van der Waals surface area contributed by atoms with Crippen molar-refractivity contribution in [3.63, 3.8) is 0 Å². The Morgan fingerprint density at radius 2 is 1.87 bits per heavy atom. The number of nitrogens with zero attached hydrogens (tertiary/aromatic N) is 1. The Morgan fingerprint density at radius 3 is 2.52 bits per heavy atom. The molecule has 0 bridgehead atoms. The largest absolute Gasteiger partial charge is 0.386 e. The fourth-order valence-corrected chi connectivity index (χ4v) is 2.14. The number of nitrogens with one attached hydrogen (secondary N) is 1. The van der Waals surface area contributed by atoms with Crippen LogP contribution in [-0.2, 0) is 16.1 Å². The van der Waals surface area contributed by atoms with Gasteiger partial charge in [0.2, 0.25) is 0 Å². The molecule has 23 heavy (non-hydrogen) atoms. The highest BCUT2D eigenvalue weighted by Gasteiger charge is 2.09. The van der Waals surface area contributed by atoms with Crippen LogP contribution in [0.5, 0.6) is 0 Å². The van der Waals surface area contributed by atoms with Crippen LogP contribution in [0, 0.1) is 0 Å². The zero-order valence-electron chi connectivity index (χ0n) is 13.5. The molecule has 0 saturated heterocycles. The van der Waals surface area contributed by atoms with Gasteiger partial charge in [0, 0.05) is 0 Å². The number of benzene rings is 2. The Kier molecular flexibility index (Phi) is 6.36. The lowest BCUT2D eigenvalue weighted by atomic mass is 10.1. The van der Waals surface area contributed by atoms with Crippen LogP contribution in [-0.4, -0.2) is 18.7 Å². The predicted molar refractivity (Wildman–Crippen MR) is 92.4 cm³/mol. The van der Waals surface area contributed by atoms with Gasteiger partial charge in [-0.1, -0.05) is 66.7 Å².